The molecule has 1 aromatic carbocycles. The topological polar surface area (TPSA) is 61.1 Å². The van der Waals surface area contributed by atoms with Gasteiger partial charge in [-0.15, -0.1) is 0 Å². The fourth-order valence-corrected chi connectivity index (χ4v) is 1.40. The number of halogens is 4. The zero-order chi connectivity index (χ0) is 12.5. The molecule has 0 heterocycles. The molecule has 0 fully saturated rings. The summed E-state index contributed by atoms with van der Waals surface area (Å²) >= 11 is 5.34. The molecular formula is C9H3ClF3NO2. The van der Waals surface area contributed by atoms with Crippen LogP contribution in [0.1, 0.15) is 21.5 Å². The first-order valence-corrected chi connectivity index (χ1v) is 4.20. The smallest absolute Gasteiger partial charge is 0.417 e. The molecule has 1 rings (SSSR count). The summed E-state index contributed by atoms with van der Waals surface area (Å²) in [7, 11) is 0. The number of rotatable bonds is 1. The summed E-state index contributed by atoms with van der Waals surface area (Å²) in [4.78, 5) is 10.6. The average Bonchev–Trinajstić information content (AvgIpc) is 2.14. The third-order valence-corrected chi connectivity index (χ3v) is 2.18. The summed E-state index contributed by atoms with van der Waals surface area (Å²) in [6.45, 7) is 0. The molecule has 0 radical (unpaired) electrons. The molecule has 84 valence electrons. The maximum Gasteiger partial charge on any atom is 0.417 e. The lowest BCUT2D eigenvalue weighted by Gasteiger charge is -2.10. The molecule has 0 saturated heterocycles. The Bertz CT molecular complexity index is 491. The second kappa shape index (κ2) is 4.02. The normalized spacial score (nSPS) is 10.9. The maximum atomic E-state index is 12.4. The van der Waals surface area contributed by atoms with Gasteiger partial charge in [-0.25, -0.2) is 4.79 Å². The van der Waals surface area contributed by atoms with Crippen LogP contribution in [0.4, 0.5) is 13.2 Å². The molecule has 7 heteroatoms. The lowest BCUT2D eigenvalue weighted by Crippen LogP contribution is -2.09. The molecule has 0 spiro atoms. The Kier molecular flexibility index (Phi) is 3.10. The third kappa shape index (κ3) is 2.09. The monoisotopic (exact) mass is 249 g/mol. The number of aromatic carboxylic acids is 1. The number of carboxylic acid groups (broad SMARTS) is 1. The molecule has 0 amide bonds. The van der Waals surface area contributed by atoms with Crippen molar-refractivity contribution < 1.29 is 23.1 Å². The quantitative estimate of drug-likeness (QED) is 0.832. The summed E-state index contributed by atoms with van der Waals surface area (Å²) in [5.74, 6) is -1.51. The van der Waals surface area contributed by atoms with Gasteiger partial charge in [0.2, 0.25) is 0 Å². The Labute approximate surface area is 92.7 Å². The van der Waals surface area contributed by atoms with Crippen molar-refractivity contribution in [3.8, 4) is 6.07 Å². The van der Waals surface area contributed by atoms with Crippen molar-refractivity contribution in [1.82, 2.24) is 0 Å². The molecule has 16 heavy (non-hydrogen) atoms. The van der Waals surface area contributed by atoms with Crippen LogP contribution in [0.15, 0.2) is 12.1 Å². The zero-order valence-corrected chi connectivity index (χ0v) is 8.23. The number of carbonyl (C=O) groups is 1. The minimum atomic E-state index is -4.72. The Balaban J connectivity index is 3.55. The molecule has 0 bridgehead atoms. The second-order valence-electron chi connectivity index (χ2n) is 2.76. The largest absolute Gasteiger partial charge is 0.478 e. The van der Waals surface area contributed by atoms with Crippen molar-refractivity contribution in [2.45, 2.75) is 6.18 Å². The van der Waals surface area contributed by atoms with Gasteiger partial charge in [0.15, 0.2) is 0 Å². The molecule has 0 atom stereocenters. The van der Waals surface area contributed by atoms with E-state index >= 15 is 0 Å². The third-order valence-electron chi connectivity index (χ3n) is 1.79. The molecule has 1 aromatic rings. The van der Waals surface area contributed by atoms with Crippen LogP contribution < -0.4 is 0 Å². The van der Waals surface area contributed by atoms with Gasteiger partial charge in [0.1, 0.15) is 6.07 Å². The van der Waals surface area contributed by atoms with Crippen LogP contribution in [0.2, 0.25) is 5.02 Å². The number of carboxylic acids is 1. The van der Waals surface area contributed by atoms with Crippen LogP contribution in [0.25, 0.3) is 0 Å². The Hall–Kier alpha value is -1.74. The van der Waals surface area contributed by atoms with E-state index in [1.54, 1.807) is 0 Å². The van der Waals surface area contributed by atoms with E-state index in [4.69, 9.17) is 22.0 Å². The highest BCUT2D eigenvalue weighted by molar-refractivity contribution is 6.33. The zero-order valence-electron chi connectivity index (χ0n) is 7.47. The summed E-state index contributed by atoms with van der Waals surface area (Å²) in [6.07, 6.45) is -4.72. The lowest BCUT2D eigenvalue weighted by atomic mass is 10.0. The highest BCUT2D eigenvalue weighted by Crippen LogP contribution is 2.37. The first kappa shape index (κ1) is 12.3. The van der Waals surface area contributed by atoms with Crippen molar-refractivity contribution >= 4 is 17.6 Å². The minimum Gasteiger partial charge on any atom is -0.478 e. The van der Waals surface area contributed by atoms with Gasteiger partial charge in [0.25, 0.3) is 0 Å². The number of nitrogens with zero attached hydrogens (tertiary/aromatic N) is 1. The van der Waals surface area contributed by atoms with Crippen LogP contribution in [-0.4, -0.2) is 11.1 Å². The summed E-state index contributed by atoms with van der Waals surface area (Å²) < 4.78 is 37.1. The fraction of sp³-hybridized carbons (Fsp3) is 0.111. The molecule has 3 nitrogen and oxygen atoms in total. The van der Waals surface area contributed by atoms with E-state index in [0.29, 0.717) is 12.1 Å². The average molecular weight is 250 g/mol. The van der Waals surface area contributed by atoms with E-state index in [0.717, 1.165) is 0 Å². The predicted octanol–water partition coefficient (Wildman–Crippen LogP) is 2.93. The molecule has 0 saturated carbocycles. The van der Waals surface area contributed by atoms with Gasteiger partial charge in [-0.3, -0.25) is 0 Å². The molecule has 0 aliphatic rings. The minimum absolute atomic E-state index is 0.534. The van der Waals surface area contributed by atoms with Gasteiger partial charge in [0, 0.05) is 0 Å². The van der Waals surface area contributed by atoms with Crippen molar-refractivity contribution in [3.63, 3.8) is 0 Å². The van der Waals surface area contributed by atoms with Crippen LogP contribution in [-0.2, 0) is 6.18 Å². The Morgan fingerprint density at radius 1 is 1.44 bits per heavy atom. The standard InChI is InChI=1S/C9H3ClF3NO2/c10-7-5(3-14)4(8(15)16)1-2-6(7)9(11,12)13/h1-2H,(H,15,16). The van der Waals surface area contributed by atoms with Crippen molar-refractivity contribution in [3.05, 3.63) is 33.8 Å². The number of benzene rings is 1. The van der Waals surface area contributed by atoms with Crippen molar-refractivity contribution in [2.24, 2.45) is 0 Å². The maximum absolute atomic E-state index is 12.4. The van der Waals surface area contributed by atoms with Crippen LogP contribution in [0.3, 0.4) is 0 Å². The first-order valence-electron chi connectivity index (χ1n) is 3.82. The molecule has 0 aromatic heterocycles. The number of alkyl halides is 3. The summed E-state index contributed by atoms with van der Waals surface area (Å²) in [5, 5.41) is 16.3. The lowest BCUT2D eigenvalue weighted by molar-refractivity contribution is -0.137. The molecular weight excluding hydrogens is 247 g/mol. The number of nitriles is 1. The van der Waals surface area contributed by atoms with Gasteiger partial charge < -0.3 is 5.11 Å². The van der Waals surface area contributed by atoms with E-state index in [2.05, 4.69) is 0 Å². The van der Waals surface area contributed by atoms with Gasteiger partial charge in [0.05, 0.1) is 21.7 Å². The number of hydrogen-bond acceptors (Lipinski definition) is 2. The van der Waals surface area contributed by atoms with Gasteiger partial charge in [-0.2, -0.15) is 18.4 Å². The SMILES string of the molecule is N#Cc1c(C(=O)O)ccc(C(F)(F)F)c1Cl. The van der Waals surface area contributed by atoms with Crippen LogP contribution >= 0.6 is 11.6 Å². The Morgan fingerprint density at radius 3 is 2.38 bits per heavy atom. The molecule has 0 unspecified atom stereocenters. The molecule has 1 N–H and O–H groups in total. The fourth-order valence-electron chi connectivity index (χ4n) is 1.08. The van der Waals surface area contributed by atoms with Gasteiger partial charge >= 0.3 is 12.1 Å². The van der Waals surface area contributed by atoms with Crippen molar-refractivity contribution in [1.29, 1.82) is 5.26 Å². The molecule has 0 aliphatic heterocycles. The van der Waals surface area contributed by atoms with Crippen LogP contribution in [0, 0.1) is 11.3 Å². The molecule has 0 aliphatic carbocycles. The first-order chi connectivity index (χ1) is 7.29. The van der Waals surface area contributed by atoms with E-state index in [-0.39, 0.29) is 0 Å². The number of hydrogen-bond donors (Lipinski definition) is 1. The highest BCUT2D eigenvalue weighted by atomic mass is 35.5. The van der Waals surface area contributed by atoms with E-state index in [9.17, 15) is 18.0 Å². The van der Waals surface area contributed by atoms with E-state index in [1.165, 1.54) is 6.07 Å². The van der Waals surface area contributed by atoms with Crippen LogP contribution in [0.5, 0.6) is 0 Å². The highest BCUT2D eigenvalue weighted by Gasteiger charge is 2.35. The predicted molar refractivity (Wildman–Crippen MR) is 48.1 cm³/mol. The van der Waals surface area contributed by atoms with Crippen molar-refractivity contribution in [2.75, 3.05) is 0 Å². The Morgan fingerprint density at radius 2 is 2.00 bits per heavy atom. The van der Waals surface area contributed by atoms with E-state index in [1.807, 2.05) is 0 Å². The van der Waals surface area contributed by atoms with Gasteiger partial charge in [-0.05, 0) is 12.1 Å². The summed E-state index contributed by atoms with van der Waals surface area (Å²) in [6, 6.07) is 2.58. The summed E-state index contributed by atoms with van der Waals surface area (Å²) in [5.41, 5.74) is -2.47. The van der Waals surface area contributed by atoms with Gasteiger partial charge in [-0.1, -0.05) is 11.6 Å². The second-order valence-corrected chi connectivity index (χ2v) is 3.14. The van der Waals surface area contributed by atoms with E-state index < -0.39 is 33.9 Å².